The second-order valence-corrected chi connectivity index (χ2v) is 12.3. The molecule has 6 rings (SSSR count). The van der Waals surface area contributed by atoms with E-state index < -0.39 is 0 Å². The third-order valence-electron chi connectivity index (χ3n) is 9.33. The summed E-state index contributed by atoms with van der Waals surface area (Å²) in [5.74, 6) is 1.80. The molecular weight excluding hydrogens is 521 g/mol. The largest absolute Gasteiger partial charge is 0.393 e. The van der Waals surface area contributed by atoms with E-state index in [4.69, 9.17) is 9.97 Å². The summed E-state index contributed by atoms with van der Waals surface area (Å²) in [5, 5.41) is 13.1. The predicted octanol–water partition coefficient (Wildman–Crippen LogP) is 4.70. The van der Waals surface area contributed by atoms with Crippen LogP contribution in [0.15, 0.2) is 30.5 Å². The van der Waals surface area contributed by atoms with Crippen LogP contribution < -0.4 is 5.32 Å². The van der Waals surface area contributed by atoms with Gasteiger partial charge in [-0.15, -0.1) is 0 Å². The number of para-hydroxylation sites is 1. The molecule has 10 heteroatoms. The average molecular weight is 564 g/mol. The molecule has 9 nitrogen and oxygen atoms in total. The Balaban J connectivity index is 1.24. The number of benzene rings is 1. The molecule has 220 valence electrons. The molecule has 1 saturated heterocycles. The van der Waals surface area contributed by atoms with Gasteiger partial charge < -0.3 is 20.2 Å². The quantitative estimate of drug-likeness (QED) is 0.449. The van der Waals surface area contributed by atoms with E-state index >= 15 is 0 Å². The summed E-state index contributed by atoms with van der Waals surface area (Å²) in [5.41, 5.74) is 1.81. The molecule has 0 unspecified atom stereocenters. The fourth-order valence-corrected chi connectivity index (χ4v) is 6.85. The summed E-state index contributed by atoms with van der Waals surface area (Å²) < 4.78 is 16.8. The highest BCUT2D eigenvalue weighted by atomic mass is 19.1. The number of aliphatic hydroxyl groups excluding tert-OH is 1. The highest BCUT2D eigenvalue weighted by Crippen LogP contribution is 2.38. The smallest absolute Gasteiger partial charge is 0.225 e. The number of carbonyl (C=O) groups is 1. The van der Waals surface area contributed by atoms with Crippen LogP contribution in [0, 0.1) is 17.7 Å². The van der Waals surface area contributed by atoms with Crippen molar-refractivity contribution in [3.05, 3.63) is 42.1 Å². The number of nitrogens with zero attached hydrogens (tertiary/aromatic N) is 6. The van der Waals surface area contributed by atoms with Crippen LogP contribution in [-0.2, 0) is 11.2 Å². The van der Waals surface area contributed by atoms with E-state index in [0.29, 0.717) is 29.0 Å². The van der Waals surface area contributed by atoms with Crippen LogP contribution in [0.5, 0.6) is 0 Å². The molecule has 3 fully saturated rings. The number of halogens is 1. The second kappa shape index (κ2) is 12.4. The number of aromatic nitrogens is 4. The Bertz CT molecular complexity index is 1350. The molecule has 2 aromatic heterocycles. The fourth-order valence-electron chi connectivity index (χ4n) is 6.85. The molecule has 41 heavy (non-hydrogen) atoms. The highest BCUT2D eigenvalue weighted by molar-refractivity contribution is 5.79. The lowest BCUT2D eigenvalue weighted by atomic mass is 9.85. The first-order chi connectivity index (χ1) is 19.9. The maximum atomic E-state index is 14.6. The van der Waals surface area contributed by atoms with Gasteiger partial charge in [0.2, 0.25) is 11.9 Å². The van der Waals surface area contributed by atoms with Gasteiger partial charge in [-0.25, -0.2) is 19.3 Å². The lowest BCUT2D eigenvalue weighted by Gasteiger charge is -2.33. The van der Waals surface area contributed by atoms with E-state index in [2.05, 4.69) is 31.7 Å². The zero-order valence-electron chi connectivity index (χ0n) is 24.0. The molecule has 3 aliphatic rings. The summed E-state index contributed by atoms with van der Waals surface area (Å²) in [6, 6.07) is 6.72. The van der Waals surface area contributed by atoms with Gasteiger partial charge in [0.25, 0.3) is 0 Å². The third kappa shape index (κ3) is 6.38. The normalized spacial score (nSPS) is 26.2. The van der Waals surface area contributed by atoms with E-state index in [1.165, 1.54) is 6.07 Å². The van der Waals surface area contributed by atoms with Gasteiger partial charge >= 0.3 is 0 Å². The first-order valence-corrected chi connectivity index (χ1v) is 15.4. The number of amides is 1. The van der Waals surface area contributed by atoms with Gasteiger partial charge in [-0.05, 0) is 89.4 Å². The summed E-state index contributed by atoms with van der Waals surface area (Å²) in [6.45, 7) is 3.61. The number of hydrogen-bond donors (Lipinski definition) is 2. The number of carbonyl (C=O) groups excluding carboxylic acids is 1. The highest BCUT2D eigenvalue weighted by Gasteiger charge is 2.33. The summed E-state index contributed by atoms with van der Waals surface area (Å²) in [7, 11) is 2.12. The van der Waals surface area contributed by atoms with Crippen molar-refractivity contribution in [3.8, 4) is 0 Å². The summed E-state index contributed by atoms with van der Waals surface area (Å²) in [6.07, 6.45) is 10.3. The Morgan fingerprint density at radius 2 is 1.78 bits per heavy atom. The maximum Gasteiger partial charge on any atom is 0.225 e. The van der Waals surface area contributed by atoms with Crippen LogP contribution in [0.4, 0.5) is 16.0 Å². The summed E-state index contributed by atoms with van der Waals surface area (Å²) in [4.78, 5) is 32.2. The van der Waals surface area contributed by atoms with E-state index in [-0.39, 0.29) is 23.9 Å². The molecule has 2 N–H and O–H groups in total. The summed E-state index contributed by atoms with van der Waals surface area (Å²) >= 11 is 0. The van der Waals surface area contributed by atoms with Crippen LogP contribution in [0.3, 0.4) is 0 Å². The molecule has 0 radical (unpaired) electrons. The Kier molecular flexibility index (Phi) is 8.48. The molecular formula is C31H42FN7O2. The molecule has 2 saturated carbocycles. The van der Waals surface area contributed by atoms with Crippen molar-refractivity contribution in [3.63, 3.8) is 0 Å². The van der Waals surface area contributed by atoms with Crippen molar-refractivity contribution in [2.75, 3.05) is 38.5 Å². The first kappa shape index (κ1) is 28.0. The van der Waals surface area contributed by atoms with E-state index in [1.807, 2.05) is 0 Å². The van der Waals surface area contributed by atoms with Crippen LogP contribution >= 0.6 is 0 Å². The van der Waals surface area contributed by atoms with Gasteiger partial charge in [-0.1, -0.05) is 12.1 Å². The minimum atomic E-state index is -0.338. The molecule has 3 heterocycles. The van der Waals surface area contributed by atoms with Gasteiger partial charge in [0, 0.05) is 38.0 Å². The van der Waals surface area contributed by atoms with Crippen molar-refractivity contribution in [1.29, 1.82) is 0 Å². The number of nitrogens with one attached hydrogen (secondary N) is 1. The molecule has 0 spiro atoms. The molecule has 1 aromatic carbocycles. The first-order valence-electron chi connectivity index (χ1n) is 15.4. The second-order valence-electron chi connectivity index (χ2n) is 12.3. The lowest BCUT2D eigenvalue weighted by molar-refractivity contribution is -0.136. The zero-order valence-corrected chi connectivity index (χ0v) is 24.0. The van der Waals surface area contributed by atoms with E-state index in [0.717, 1.165) is 102 Å². The minimum Gasteiger partial charge on any atom is -0.393 e. The Hall–Kier alpha value is -3.11. The van der Waals surface area contributed by atoms with Crippen LogP contribution in [-0.4, -0.2) is 79.7 Å². The lowest BCUT2D eigenvalue weighted by Crippen LogP contribution is -2.40. The third-order valence-corrected chi connectivity index (χ3v) is 9.33. The van der Waals surface area contributed by atoms with Gasteiger partial charge in [0.15, 0.2) is 5.65 Å². The average Bonchev–Trinajstić information content (AvgIpc) is 3.18. The SMILES string of the molecule is CN1CCCN(C(=O)C2CCC(n3c(Nc4ccccc4F)nc4cnc(CC5CCC(O)CC5)nc43)CC2)CC1. The Morgan fingerprint density at radius 3 is 2.56 bits per heavy atom. The Labute approximate surface area is 241 Å². The van der Waals surface area contributed by atoms with Gasteiger partial charge in [0.1, 0.15) is 17.2 Å². The molecule has 1 amide bonds. The number of rotatable bonds is 6. The van der Waals surface area contributed by atoms with Crippen LogP contribution in [0.25, 0.3) is 11.2 Å². The van der Waals surface area contributed by atoms with Crippen molar-refractivity contribution in [2.24, 2.45) is 11.8 Å². The predicted molar refractivity (Wildman–Crippen MR) is 156 cm³/mol. The fraction of sp³-hybridized carbons (Fsp3) is 0.613. The number of aliphatic hydroxyl groups is 1. The number of hydrogen-bond acceptors (Lipinski definition) is 7. The van der Waals surface area contributed by atoms with Crippen LogP contribution in [0.1, 0.15) is 69.7 Å². The van der Waals surface area contributed by atoms with E-state index in [9.17, 15) is 14.3 Å². The van der Waals surface area contributed by atoms with Crippen molar-refractivity contribution >= 4 is 28.7 Å². The van der Waals surface area contributed by atoms with Gasteiger partial charge in [-0.2, -0.15) is 0 Å². The zero-order chi connectivity index (χ0) is 28.3. The number of imidazole rings is 1. The van der Waals surface area contributed by atoms with Crippen molar-refractivity contribution in [2.45, 2.75) is 76.4 Å². The molecule has 1 aliphatic heterocycles. The van der Waals surface area contributed by atoms with Crippen molar-refractivity contribution < 1.29 is 14.3 Å². The van der Waals surface area contributed by atoms with Crippen molar-refractivity contribution in [1.82, 2.24) is 29.3 Å². The monoisotopic (exact) mass is 563 g/mol. The topological polar surface area (TPSA) is 99.4 Å². The molecule has 3 aromatic rings. The van der Waals surface area contributed by atoms with Crippen LogP contribution in [0.2, 0.25) is 0 Å². The Morgan fingerprint density at radius 1 is 1.00 bits per heavy atom. The molecule has 2 aliphatic carbocycles. The molecule has 0 atom stereocenters. The number of likely N-dealkylation sites (N-methyl/N-ethyl adjacent to an activating group) is 1. The van der Waals surface area contributed by atoms with Gasteiger partial charge in [0.05, 0.1) is 18.0 Å². The van der Waals surface area contributed by atoms with Gasteiger partial charge in [-0.3, -0.25) is 9.36 Å². The maximum absolute atomic E-state index is 14.6. The number of fused-ring (bicyclic) bond motifs is 1. The molecule has 0 bridgehead atoms. The standard InChI is InChI=1S/C31H42FN7O2/c1-37-15-4-16-38(18-17-37)30(41)22-9-11-23(12-10-22)39-29-27(35-31(39)34-26-6-3-2-5-25(26)32)20-33-28(36-29)19-21-7-13-24(40)14-8-21/h2-3,5-6,20-24,40H,4,7-19H2,1H3,(H,34,35). The minimum absolute atomic E-state index is 0.0410. The van der Waals surface area contributed by atoms with E-state index in [1.54, 1.807) is 24.4 Å². The number of anilines is 2.